The lowest BCUT2D eigenvalue weighted by Crippen LogP contribution is -2.24. The van der Waals surface area contributed by atoms with Gasteiger partial charge in [-0.1, -0.05) is 53.7 Å². The van der Waals surface area contributed by atoms with E-state index in [2.05, 4.69) is 5.32 Å². The number of anilines is 2. The third-order valence-electron chi connectivity index (χ3n) is 3.55. The molecular weight excluding hydrogens is 344 g/mol. The van der Waals surface area contributed by atoms with Crippen LogP contribution in [0.25, 0.3) is 0 Å². The average molecular weight is 359 g/mol. The third-order valence-corrected chi connectivity index (χ3v) is 4.85. The number of nitrogens with one attached hydrogen (secondary N) is 1. The first-order chi connectivity index (χ1) is 11.6. The van der Waals surface area contributed by atoms with E-state index in [-0.39, 0.29) is 11.8 Å². The van der Waals surface area contributed by atoms with Gasteiger partial charge in [0.15, 0.2) is 0 Å². The molecule has 3 rings (SSSR count). The van der Waals surface area contributed by atoms with Crippen LogP contribution in [0, 0.1) is 6.92 Å². The first-order valence-corrected chi connectivity index (χ1v) is 8.71. The molecule has 0 atom stereocenters. The highest BCUT2D eigenvalue weighted by Gasteiger charge is 2.28. The number of aryl methyl sites for hydroxylation is 1. The Morgan fingerprint density at radius 3 is 2.67 bits per heavy atom. The van der Waals surface area contributed by atoms with Crippen LogP contribution in [0.5, 0.6) is 0 Å². The van der Waals surface area contributed by atoms with Crippen molar-refractivity contribution >= 4 is 46.6 Å². The minimum absolute atomic E-state index is 0.0424. The lowest BCUT2D eigenvalue weighted by molar-refractivity contribution is -0.115. The Bertz CT molecular complexity index is 801. The van der Waals surface area contributed by atoms with E-state index in [1.165, 1.54) is 17.8 Å². The van der Waals surface area contributed by atoms with E-state index < -0.39 is 0 Å². The summed E-state index contributed by atoms with van der Waals surface area (Å²) in [7, 11) is 0. The van der Waals surface area contributed by atoms with Gasteiger partial charge in [-0.15, -0.1) is 0 Å². The van der Waals surface area contributed by atoms with Crippen molar-refractivity contribution in [2.45, 2.75) is 6.92 Å². The molecule has 0 spiro atoms. The van der Waals surface area contributed by atoms with Crippen LogP contribution in [0.15, 0.2) is 59.6 Å². The van der Waals surface area contributed by atoms with Crippen molar-refractivity contribution in [1.29, 1.82) is 0 Å². The number of rotatable bonds is 3. The summed E-state index contributed by atoms with van der Waals surface area (Å²) in [5, 5.41) is 3.88. The highest BCUT2D eigenvalue weighted by molar-refractivity contribution is 8.04. The molecule has 1 heterocycles. The van der Waals surface area contributed by atoms with Gasteiger partial charge in [0.2, 0.25) is 5.91 Å². The normalized spacial score (nSPS) is 15.8. The van der Waals surface area contributed by atoms with Crippen LogP contribution >= 0.6 is 23.4 Å². The molecule has 6 heteroatoms. The summed E-state index contributed by atoms with van der Waals surface area (Å²) in [5.41, 5.74) is 2.21. The quantitative estimate of drug-likeness (QED) is 0.836. The summed E-state index contributed by atoms with van der Waals surface area (Å²) in [5.74, 6) is -0.0393. The molecular formula is C18H15ClN2O2S. The molecule has 0 aromatic heterocycles. The molecule has 0 saturated carbocycles. The summed E-state index contributed by atoms with van der Waals surface area (Å²) >= 11 is 7.48. The molecule has 1 saturated heterocycles. The maximum absolute atomic E-state index is 12.4. The number of thioether (sulfide) groups is 1. The summed E-state index contributed by atoms with van der Waals surface area (Å²) < 4.78 is 0. The van der Waals surface area contributed by atoms with Crippen molar-refractivity contribution in [3.63, 3.8) is 0 Å². The topological polar surface area (TPSA) is 49.4 Å². The summed E-state index contributed by atoms with van der Waals surface area (Å²) in [4.78, 5) is 26.1. The molecule has 4 nitrogen and oxygen atoms in total. The van der Waals surface area contributed by atoms with Gasteiger partial charge in [0.1, 0.15) is 0 Å². The highest BCUT2D eigenvalue weighted by Crippen LogP contribution is 2.34. The van der Waals surface area contributed by atoms with Gasteiger partial charge < -0.3 is 5.32 Å². The standard InChI is InChI=1S/C18H15ClN2O2S/c1-12-6-5-9-14(19)18(12)20-15(22)10-17-21(16(23)11-24-17)13-7-3-2-4-8-13/h2-10H,11H2,1H3,(H,20,22)/b17-10-. The zero-order valence-corrected chi connectivity index (χ0v) is 14.5. The predicted octanol–water partition coefficient (Wildman–Crippen LogP) is 4.21. The molecule has 24 heavy (non-hydrogen) atoms. The Labute approximate surface area is 149 Å². The third kappa shape index (κ3) is 3.47. The number of amides is 2. The Kier molecular flexibility index (Phi) is 4.92. The number of para-hydroxylation sites is 2. The Balaban J connectivity index is 1.84. The van der Waals surface area contributed by atoms with Gasteiger partial charge in [-0.25, -0.2) is 0 Å². The van der Waals surface area contributed by atoms with Gasteiger partial charge >= 0.3 is 0 Å². The zero-order chi connectivity index (χ0) is 17.1. The molecule has 0 aliphatic carbocycles. The molecule has 0 radical (unpaired) electrons. The zero-order valence-electron chi connectivity index (χ0n) is 13.0. The Morgan fingerprint density at radius 1 is 1.21 bits per heavy atom. The number of hydrogen-bond acceptors (Lipinski definition) is 3. The fourth-order valence-electron chi connectivity index (χ4n) is 2.40. The molecule has 2 aromatic carbocycles. The van der Waals surface area contributed by atoms with Crippen LogP contribution in [0.1, 0.15) is 5.56 Å². The first kappa shape index (κ1) is 16.6. The largest absolute Gasteiger partial charge is 0.321 e. The summed E-state index contributed by atoms with van der Waals surface area (Å²) in [6.45, 7) is 1.87. The van der Waals surface area contributed by atoms with Gasteiger partial charge in [0.25, 0.3) is 5.91 Å². The van der Waals surface area contributed by atoms with Crippen LogP contribution in [0.2, 0.25) is 5.02 Å². The molecule has 2 aromatic rings. The predicted molar refractivity (Wildman–Crippen MR) is 99.3 cm³/mol. The number of halogens is 1. The molecule has 0 unspecified atom stereocenters. The molecule has 2 amide bonds. The minimum Gasteiger partial charge on any atom is -0.321 e. The smallest absolute Gasteiger partial charge is 0.251 e. The van der Waals surface area contributed by atoms with E-state index in [0.717, 1.165) is 11.3 Å². The minimum atomic E-state index is -0.315. The maximum atomic E-state index is 12.4. The molecule has 1 aliphatic heterocycles. The van der Waals surface area contributed by atoms with E-state index in [4.69, 9.17) is 11.6 Å². The van der Waals surface area contributed by atoms with Crippen molar-refractivity contribution in [3.8, 4) is 0 Å². The Hall–Kier alpha value is -2.24. The van der Waals surface area contributed by atoms with E-state index in [1.807, 2.05) is 49.4 Å². The van der Waals surface area contributed by atoms with E-state index in [9.17, 15) is 9.59 Å². The van der Waals surface area contributed by atoms with Crippen LogP contribution in [0.3, 0.4) is 0 Å². The summed E-state index contributed by atoms with van der Waals surface area (Å²) in [6.07, 6.45) is 1.44. The number of nitrogens with zero attached hydrogens (tertiary/aromatic N) is 1. The van der Waals surface area contributed by atoms with Crippen molar-refractivity contribution in [2.24, 2.45) is 0 Å². The monoisotopic (exact) mass is 358 g/mol. The van der Waals surface area contributed by atoms with Gasteiger partial charge in [0, 0.05) is 11.8 Å². The second-order valence-electron chi connectivity index (χ2n) is 5.26. The molecule has 1 fully saturated rings. The highest BCUT2D eigenvalue weighted by atomic mass is 35.5. The second kappa shape index (κ2) is 7.11. The van der Waals surface area contributed by atoms with Crippen molar-refractivity contribution in [2.75, 3.05) is 16.0 Å². The van der Waals surface area contributed by atoms with Gasteiger partial charge in [0.05, 0.1) is 21.5 Å². The maximum Gasteiger partial charge on any atom is 0.251 e. The number of benzene rings is 2. The summed E-state index contributed by atoms with van der Waals surface area (Å²) in [6, 6.07) is 14.7. The molecule has 122 valence electrons. The van der Waals surface area contributed by atoms with Crippen molar-refractivity contribution in [1.82, 2.24) is 0 Å². The number of carbonyl (C=O) groups excluding carboxylic acids is 2. The fourth-order valence-corrected chi connectivity index (χ4v) is 3.60. The van der Waals surface area contributed by atoms with Crippen molar-refractivity contribution < 1.29 is 9.59 Å². The van der Waals surface area contributed by atoms with Gasteiger partial charge in [-0.05, 0) is 30.7 Å². The van der Waals surface area contributed by atoms with E-state index >= 15 is 0 Å². The Morgan fingerprint density at radius 2 is 1.96 bits per heavy atom. The van der Waals surface area contributed by atoms with Crippen LogP contribution < -0.4 is 10.2 Å². The molecule has 1 aliphatic rings. The SMILES string of the molecule is Cc1cccc(Cl)c1NC(=O)/C=C1\SCC(=O)N1c1ccccc1. The molecule has 0 bridgehead atoms. The van der Waals surface area contributed by atoms with Gasteiger partial charge in [-0.2, -0.15) is 0 Å². The van der Waals surface area contributed by atoms with Crippen LogP contribution in [-0.4, -0.2) is 17.6 Å². The van der Waals surface area contributed by atoms with E-state index in [0.29, 0.717) is 21.5 Å². The lowest BCUT2D eigenvalue weighted by atomic mass is 10.2. The average Bonchev–Trinajstić information content (AvgIpc) is 2.92. The van der Waals surface area contributed by atoms with Crippen molar-refractivity contribution in [3.05, 3.63) is 70.2 Å². The fraction of sp³-hybridized carbons (Fsp3) is 0.111. The van der Waals surface area contributed by atoms with E-state index in [1.54, 1.807) is 11.0 Å². The lowest BCUT2D eigenvalue weighted by Gasteiger charge is -2.17. The number of carbonyl (C=O) groups is 2. The number of hydrogen-bond donors (Lipinski definition) is 1. The van der Waals surface area contributed by atoms with Gasteiger partial charge in [-0.3, -0.25) is 14.5 Å². The second-order valence-corrected chi connectivity index (χ2v) is 6.66. The molecule has 1 N–H and O–H groups in total. The van der Waals surface area contributed by atoms with Crippen LogP contribution in [0.4, 0.5) is 11.4 Å². The first-order valence-electron chi connectivity index (χ1n) is 7.35. The van der Waals surface area contributed by atoms with Crippen LogP contribution in [-0.2, 0) is 9.59 Å².